The lowest BCUT2D eigenvalue weighted by Crippen LogP contribution is -2.15. The van der Waals surface area contributed by atoms with Gasteiger partial charge < -0.3 is 9.30 Å². The summed E-state index contributed by atoms with van der Waals surface area (Å²) in [4.78, 5) is 4.17. The molecule has 1 unspecified atom stereocenters. The predicted molar refractivity (Wildman–Crippen MR) is 108 cm³/mol. The Morgan fingerprint density at radius 2 is 1.92 bits per heavy atom. The number of benzene rings is 3. The summed E-state index contributed by atoms with van der Waals surface area (Å²) in [5.41, 5.74) is 2.33. The average molecular weight is 407 g/mol. The van der Waals surface area contributed by atoms with Crippen molar-refractivity contribution >= 4 is 26.7 Å². The fourth-order valence-electron chi connectivity index (χ4n) is 3.17. The fourth-order valence-corrected chi connectivity index (χ4v) is 3.42. The van der Waals surface area contributed by atoms with E-state index in [1.54, 1.807) is 6.20 Å². The first-order valence-corrected chi connectivity index (χ1v) is 9.36. The van der Waals surface area contributed by atoms with E-state index in [-0.39, 0.29) is 6.10 Å². The van der Waals surface area contributed by atoms with E-state index in [1.165, 1.54) is 16.3 Å². The van der Waals surface area contributed by atoms with Crippen molar-refractivity contribution in [2.75, 3.05) is 0 Å². The van der Waals surface area contributed by atoms with Crippen LogP contribution in [0.15, 0.2) is 83.9 Å². The minimum Gasteiger partial charge on any atom is -0.484 e. The molecule has 4 aromatic rings. The molecule has 26 heavy (non-hydrogen) atoms. The number of nitrogens with zero attached hydrogens (tertiary/aromatic N) is 2. The summed E-state index contributed by atoms with van der Waals surface area (Å²) in [7, 11) is 0. The Morgan fingerprint density at radius 1 is 1.08 bits per heavy atom. The number of hydrogen-bond donors (Lipinski definition) is 0. The van der Waals surface area contributed by atoms with Crippen molar-refractivity contribution in [3.63, 3.8) is 0 Å². The van der Waals surface area contributed by atoms with E-state index in [1.807, 2.05) is 24.7 Å². The van der Waals surface area contributed by atoms with Crippen LogP contribution in [0.1, 0.15) is 17.2 Å². The lowest BCUT2D eigenvalue weighted by Gasteiger charge is -2.22. The first kappa shape index (κ1) is 16.9. The Labute approximate surface area is 161 Å². The maximum atomic E-state index is 6.45. The molecule has 0 saturated heterocycles. The van der Waals surface area contributed by atoms with Gasteiger partial charge in [-0.15, -0.1) is 0 Å². The molecule has 1 heterocycles. The van der Waals surface area contributed by atoms with E-state index in [0.717, 1.165) is 15.8 Å². The number of ether oxygens (including phenoxy) is 1. The lowest BCUT2D eigenvalue weighted by atomic mass is 10.00. The number of imidazole rings is 1. The van der Waals surface area contributed by atoms with Crippen molar-refractivity contribution in [2.45, 2.75) is 19.6 Å². The maximum Gasteiger partial charge on any atom is 0.142 e. The smallest absolute Gasteiger partial charge is 0.142 e. The van der Waals surface area contributed by atoms with Crippen LogP contribution in [0.3, 0.4) is 0 Å². The molecule has 0 spiro atoms. The molecular formula is C22H19BrN2O. The van der Waals surface area contributed by atoms with Crippen molar-refractivity contribution in [1.29, 1.82) is 0 Å². The van der Waals surface area contributed by atoms with Crippen LogP contribution in [0.25, 0.3) is 10.8 Å². The molecule has 0 aliphatic heterocycles. The molecule has 0 fully saturated rings. The third-order valence-electron chi connectivity index (χ3n) is 4.51. The number of aromatic nitrogens is 2. The van der Waals surface area contributed by atoms with Crippen molar-refractivity contribution < 1.29 is 4.74 Å². The summed E-state index contributed by atoms with van der Waals surface area (Å²) in [5, 5.41) is 2.44. The standard InChI is InChI=1S/C22H19BrN2O/c1-16-13-18(9-10-21(16)23)26-22(14-25-12-11-24-15-25)20-8-4-6-17-5-2-3-7-19(17)20/h2-13,15,22H,14H2,1H3. The van der Waals surface area contributed by atoms with Gasteiger partial charge in [0.2, 0.25) is 0 Å². The molecular weight excluding hydrogens is 388 g/mol. The summed E-state index contributed by atoms with van der Waals surface area (Å²) in [6.45, 7) is 2.77. The number of rotatable bonds is 5. The average Bonchev–Trinajstić information content (AvgIpc) is 3.17. The van der Waals surface area contributed by atoms with Crippen LogP contribution in [0, 0.1) is 6.92 Å². The molecule has 0 aliphatic carbocycles. The van der Waals surface area contributed by atoms with Crippen LogP contribution >= 0.6 is 15.9 Å². The molecule has 4 heteroatoms. The highest BCUT2D eigenvalue weighted by atomic mass is 79.9. The van der Waals surface area contributed by atoms with Crippen LogP contribution in [-0.2, 0) is 6.54 Å². The minimum absolute atomic E-state index is 0.115. The van der Waals surface area contributed by atoms with Gasteiger partial charge in [-0.05, 0) is 41.5 Å². The van der Waals surface area contributed by atoms with E-state index in [9.17, 15) is 0 Å². The molecule has 3 nitrogen and oxygen atoms in total. The second-order valence-electron chi connectivity index (χ2n) is 6.35. The van der Waals surface area contributed by atoms with Gasteiger partial charge in [0.05, 0.1) is 12.9 Å². The van der Waals surface area contributed by atoms with Crippen LogP contribution in [0.2, 0.25) is 0 Å². The Kier molecular flexibility index (Phi) is 4.76. The minimum atomic E-state index is -0.115. The second-order valence-corrected chi connectivity index (χ2v) is 7.20. The highest BCUT2D eigenvalue weighted by Gasteiger charge is 2.17. The molecule has 0 radical (unpaired) electrons. The summed E-state index contributed by atoms with van der Waals surface area (Å²) in [6, 6.07) is 20.9. The molecule has 0 bridgehead atoms. The van der Waals surface area contributed by atoms with Gasteiger partial charge in [0.25, 0.3) is 0 Å². The van der Waals surface area contributed by atoms with Crippen LogP contribution in [-0.4, -0.2) is 9.55 Å². The van der Waals surface area contributed by atoms with Gasteiger partial charge >= 0.3 is 0 Å². The SMILES string of the molecule is Cc1cc(OC(Cn2ccnc2)c2cccc3ccccc23)ccc1Br. The number of hydrogen-bond acceptors (Lipinski definition) is 2. The van der Waals surface area contributed by atoms with Crippen LogP contribution < -0.4 is 4.74 Å². The molecule has 0 saturated carbocycles. The molecule has 1 aromatic heterocycles. The first-order chi connectivity index (χ1) is 12.7. The number of halogens is 1. The Balaban J connectivity index is 1.75. The lowest BCUT2D eigenvalue weighted by molar-refractivity contribution is 0.185. The summed E-state index contributed by atoms with van der Waals surface area (Å²) in [5.74, 6) is 0.865. The van der Waals surface area contributed by atoms with Crippen molar-refractivity contribution in [2.24, 2.45) is 0 Å². The van der Waals surface area contributed by atoms with E-state index in [0.29, 0.717) is 6.54 Å². The Hall–Kier alpha value is -2.59. The van der Waals surface area contributed by atoms with E-state index in [2.05, 4.69) is 80.9 Å². The zero-order valence-corrected chi connectivity index (χ0v) is 16.1. The molecule has 0 aliphatic rings. The Morgan fingerprint density at radius 3 is 2.73 bits per heavy atom. The largest absolute Gasteiger partial charge is 0.484 e. The third kappa shape index (κ3) is 3.51. The zero-order chi connectivity index (χ0) is 17.9. The first-order valence-electron chi connectivity index (χ1n) is 8.57. The van der Waals surface area contributed by atoms with E-state index < -0.39 is 0 Å². The molecule has 1 atom stereocenters. The molecule has 4 rings (SSSR count). The highest BCUT2D eigenvalue weighted by Crippen LogP contribution is 2.31. The van der Waals surface area contributed by atoms with Crippen molar-refractivity contribution in [1.82, 2.24) is 9.55 Å². The van der Waals surface area contributed by atoms with Gasteiger partial charge in [0.1, 0.15) is 11.9 Å². The third-order valence-corrected chi connectivity index (χ3v) is 5.40. The second kappa shape index (κ2) is 7.34. The monoisotopic (exact) mass is 406 g/mol. The maximum absolute atomic E-state index is 6.45. The Bertz CT molecular complexity index is 1020. The van der Waals surface area contributed by atoms with Gasteiger partial charge in [-0.2, -0.15) is 0 Å². The predicted octanol–water partition coefficient (Wildman–Crippen LogP) is 5.93. The van der Waals surface area contributed by atoms with E-state index in [4.69, 9.17) is 4.74 Å². The number of aryl methyl sites for hydroxylation is 1. The molecule has 130 valence electrons. The molecule has 0 amide bonds. The van der Waals surface area contributed by atoms with Crippen LogP contribution in [0.4, 0.5) is 0 Å². The summed E-state index contributed by atoms with van der Waals surface area (Å²) >= 11 is 3.55. The normalized spacial score (nSPS) is 12.2. The van der Waals surface area contributed by atoms with Crippen LogP contribution in [0.5, 0.6) is 5.75 Å². The molecule has 0 N–H and O–H groups in total. The van der Waals surface area contributed by atoms with Crippen molar-refractivity contribution in [3.05, 3.63) is 95.0 Å². The fraction of sp³-hybridized carbons (Fsp3) is 0.136. The van der Waals surface area contributed by atoms with Crippen molar-refractivity contribution in [3.8, 4) is 5.75 Å². The zero-order valence-electron chi connectivity index (χ0n) is 14.5. The summed E-state index contributed by atoms with van der Waals surface area (Å²) < 4.78 is 9.59. The summed E-state index contributed by atoms with van der Waals surface area (Å²) in [6.07, 6.45) is 5.47. The quantitative estimate of drug-likeness (QED) is 0.410. The van der Waals surface area contributed by atoms with Gasteiger partial charge in [0.15, 0.2) is 0 Å². The highest BCUT2D eigenvalue weighted by molar-refractivity contribution is 9.10. The van der Waals surface area contributed by atoms with Gasteiger partial charge in [-0.1, -0.05) is 58.4 Å². The van der Waals surface area contributed by atoms with Gasteiger partial charge in [-0.25, -0.2) is 4.98 Å². The number of fused-ring (bicyclic) bond motifs is 1. The topological polar surface area (TPSA) is 27.1 Å². The molecule has 3 aromatic carbocycles. The van der Waals surface area contributed by atoms with E-state index >= 15 is 0 Å². The van der Waals surface area contributed by atoms with Gasteiger partial charge in [0, 0.05) is 22.4 Å². The van der Waals surface area contributed by atoms with Gasteiger partial charge in [-0.3, -0.25) is 0 Å².